The van der Waals surface area contributed by atoms with E-state index in [4.69, 9.17) is 0 Å². The van der Waals surface area contributed by atoms with Gasteiger partial charge < -0.3 is 5.32 Å². The lowest BCUT2D eigenvalue weighted by Gasteiger charge is -2.35. The van der Waals surface area contributed by atoms with Crippen molar-refractivity contribution in [3.63, 3.8) is 0 Å². The molecule has 1 aliphatic carbocycles. The lowest BCUT2D eigenvalue weighted by atomic mass is 9.73. The van der Waals surface area contributed by atoms with Crippen molar-refractivity contribution in [3.8, 4) is 0 Å². The van der Waals surface area contributed by atoms with Crippen LogP contribution in [0, 0.1) is 10.8 Å². The summed E-state index contributed by atoms with van der Waals surface area (Å²) in [4.78, 5) is 0. The molecule has 2 aliphatic heterocycles. The zero-order valence-electron chi connectivity index (χ0n) is 8.61. The van der Waals surface area contributed by atoms with Crippen LogP contribution in [0.4, 0.5) is 0 Å². The van der Waals surface area contributed by atoms with Crippen molar-refractivity contribution in [2.45, 2.75) is 52.5 Å². The number of fused-ring (bicyclic) bond motifs is 4. The molecule has 0 aromatic rings. The maximum atomic E-state index is 3.68. The first-order valence-corrected chi connectivity index (χ1v) is 5.23. The standard InChI is InChI=1S/C11H21N/c1-10(2)6-9-4-5-11(3,7-10)8-12-9/h9,12H,4-8H2,1-3H3. The highest BCUT2D eigenvalue weighted by Crippen LogP contribution is 2.46. The summed E-state index contributed by atoms with van der Waals surface area (Å²) in [5.41, 5.74) is 1.16. The van der Waals surface area contributed by atoms with Crippen LogP contribution in [0.3, 0.4) is 0 Å². The monoisotopic (exact) mass is 167 g/mol. The summed E-state index contributed by atoms with van der Waals surface area (Å²) in [6.45, 7) is 8.55. The fraction of sp³-hybridized carbons (Fsp3) is 1.00. The van der Waals surface area contributed by atoms with Gasteiger partial charge in [-0.1, -0.05) is 20.8 Å². The van der Waals surface area contributed by atoms with Gasteiger partial charge in [-0.3, -0.25) is 0 Å². The molecular weight excluding hydrogens is 146 g/mol. The summed E-state index contributed by atoms with van der Waals surface area (Å²) >= 11 is 0. The minimum atomic E-state index is 0.569. The molecule has 2 heterocycles. The van der Waals surface area contributed by atoms with Gasteiger partial charge in [0.2, 0.25) is 0 Å². The van der Waals surface area contributed by atoms with Crippen molar-refractivity contribution >= 4 is 0 Å². The summed E-state index contributed by atoms with van der Waals surface area (Å²) in [6, 6.07) is 0.815. The molecule has 0 aromatic heterocycles. The molecule has 0 aromatic carbocycles. The highest BCUT2D eigenvalue weighted by atomic mass is 15.0. The quantitative estimate of drug-likeness (QED) is 0.584. The SMILES string of the molecule is CC1(C)CC2CCC(C)(CN2)C1. The van der Waals surface area contributed by atoms with Crippen molar-refractivity contribution in [2.24, 2.45) is 10.8 Å². The van der Waals surface area contributed by atoms with E-state index in [0.717, 1.165) is 6.04 Å². The zero-order chi connectivity index (χ0) is 8.82. The van der Waals surface area contributed by atoms with Crippen molar-refractivity contribution in [1.29, 1.82) is 0 Å². The van der Waals surface area contributed by atoms with Crippen molar-refractivity contribution in [1.82, 2.24) is 5.32 Å². The van der Waals surface area contributed by atoms with Gasteiger partial charge in [-0.05, 0) is 36.5 Å². The Balaban J connectivity index is 2.21. The fourth-order valence-corrected chi connectivity index (χ4v) is 3.32. The average molecular weight is 167 g/mol. The van der Waals surface area contributed by atoms with Gasteiger partial charge in [0.25, 0.3) is 0 Å². The van der Waals surface area contributed by atoms with Crippen LogP contribution in [-0.4, -0.2) is 12.6 Å². The summed E-state index contributed by atoms with van der Waals surface area (Å²) in [7, 11) is 0. The van der Waals surface area contributed by atoms with Crippen LogP contribution >= 0.6 is 0 Å². The Hall–Kier alpha value is -0.0400. The molecule has 0 spiro atoms. The number of hydrogen-bond acceptors (Lipinski definition) is 1. The van der Waals surface area contributed by atoms with E-state index in [1.54, 1.807) is 0 Å². The first-order valence-electron chi connectivity index (χ1n) is 5.23. The first-order chi connectivity index (χ1) is 5.49. The zero-order valence-corrected chi connectivity index (χ0v) is 8.61. The molecule has 2 unspecified atom stereocenters. The normalized spacial score (nSPS) is 45.8. The van der Waals surface area contributed by atoms with Crippen LogP contribution in [0.2, 0.25) is 0 Å². The number of hydrogen-bond donors (Lipinski definition) is 1. The molecule has 3 aliphatic rings. The largest absolute Gasteiger partial charge is 0.313 e. The second kappa shape index (κ2) is 2.47. The fourth-order valence-electron chi connectivity index (χ4n) is 3.32. The summed E-state index contributed by atoms with van der Waals surface area (Å²) in [5.74, 6) is 0. The Morgan fingerprint density at radius 3 is 2.58 bits per heavy atom. The van der Waals surface area contributed by atoms with Crippen molar-refractivity contribution < 1.29 is 0 Å². The van der Waals surface area contributed by atoms with Crippen LogP contribution in [0.5, 0.6) is 0 Å². The molecule has 0 amide bonds. The maximum Gasteiger partial charge on any atom is 0.00725 e. The minimum Gasteiger partial charge on any atom is -0.313 e. The summed E-state index contributed by atoms with van der Waals surface area (Å²) < 4.78 is 0. The molecule has 1 N–H and O–H groups in total. The Morgan fingerprint density at radius 1 is 1.25 bits per heavy atom. The van der Waals surface area contributed by atoms with Gasteiger partial charge in [0, 0.05) is 12.6 Å². The highest BCUT2D eigenvalue weighted by Gasteiger charge is 2.41. The van der Waals surface area contributed by atoms with E-state index in [1.807, 2.05) is 0 Å². The number of nitrogens with one attached hydrogen (secondary N) is 1. The van der Waals surface area contributed by atoms with Gasteiger partial charge in [0.05, 0.1) is 0 Å². The summed E-state index contributed by atoms with van der Waals surface area (Å²) in [6.07, 6.45) is 5.63. The van der Waals surface area contributed by atoms with E-state index in [1.165, 1.54) is 32.2 Å². The molecule has 3 rings (SSSR count). The minimum absolute atomic E-state index is 0.569. The van der Waals surface area contributed by atoms with Crippen molar-refractivity contribution in [3.05, 3.63) is 0 Å². The first kappa shape index (κ1) is 8.55. The molecule has 70 valence electrons. The van der Waals surface area contributed by atoms with Crippen LogP contribution < -0.4 is 5.32 Å². The molecule has 1 nitrogen and oxygen atoms in total. The highest BCUT2D eigenvalue weighted by molar-refractivity contribution is 4.96. The smallest absolute Gasteiger partial charge is 0.00725 e. The predicted octanol–water partition coefficient (Wildman–Crippen LogP) is 2.56. The molecular formula is C11H21N. The molecule has 3 fully saturated rings. The average Bonchev–Trinajstić information content (AvgIpc) is 2.09. The van der Waals surface area contributed by atoms with Gasteiger partial charge in [-0.2, -0.15) is 0 Å². The molecule has 2 bridgehead atoms. The topological polar surface area (TPSA) is 12.0 Å². The van der Waals surface area contributed by atoms with E-state index < -0.39 is 0 Å². The predicted molar refractivity (Wildman–Crippen MR) is 52.1 cm³/mol. The molecule has 2 atom stereocenters. The Kier molecular flexibility index (Phi) is 1.76. The van der Waals surface area contributed by atoms with E-state index in [0.29, 0.717) is 10.8 Å². The van der Waals surface area contributed by atoms with E-state index in [9.17, 15) is 0 Å². The second-order valence-electron chi connectivity index (χ2n) is 5.97. The van der Waals surface area contributed by atoms with Gasteiger partial charge in [-0.25, -0.2) is 0 Å². The van der Waals surface area contributed by atoms with Gasteiger partial charge >= 0.3 is 0 Å². The molecule has 2 saturated heterocycles. The molecule has 0 radical (unpaired) electrons. The number of piperidine rings is 1. The van der Waals surface area contributed by atoms with Gasteiger partial charge in [0.15, 0.2) is 0 Å². The maximum absolute atomic E-state index is 3.68. The second-order valence-corrected chi connectivity index (χ2v) is 5.97. The molecule has 12 heavy (non-hydrogen) atoms. The van der Waals surface area contributed by atoms with Gasteiger partial charge in [0.1, 0.15) is 0 Å². The Morgan fingerprint density at radius 2 is 2.00 bits per heavy atom. The third-order valence-corrected chi connectivity index (χ3v) is 3.62. The van der Waals surface area contributed by atoms with E-state index in [-0.39, 0.29) is 0 Å². The van der Waals surface area contributed by atoms with Crippen molar-refractivity contribution in [2.75, 3.05) is 6.54 Å². The third kappa shape index (κ3) is 1.52. The lowest BCUT2D eigenvalue weighted by Crippen LogP contribution is -2.41. The summed E-state index contributed by atoms with van der Waals surface area (Å²) in [5, 5.41) is 3.68. The lowest BCUT2D eigenvalue weighted by molar-refractivity contribution is 0.184. The Bertz CT molecular complexity index is 175. The van der Waals surface area contributed by atoms with Crippen LogP contribution in [-0.2, 0) is 0 Å². The van der Waals surface area contributed by atoms with Crippen LogP contribution in [0.1, 0.15) is 46.5 Å². The molecule has 1 saturated carbocycles. The van der Waals surface area contributed by atoms with Crippen LogP contribution in [0.25, 0.3) is 0 Å². The van der Waals surface area contributed by atoms with Gasteiger partial charge in [-0.15, -0.1) is 0 Å². The third-order valence-electron chi connectivity index (χ3n) is 3.62. The molecule has 1 heteroatoms. The van der Waals surface area contributed by atoms with E-state index in [2.05, 4.69) is 26.1 Å². The number of rotatable bonds is 0. The Labute approximate surface area is 75.9 Å². The van der Waals surface area contributed by atoms with E-state index >= 15 is 0 Å². The van der Waals surface area contributed by atoms with Crippen LogP contribution in [0.15, 0.2) is 0 Å².